The standard InChI is InChI=1S/C32H50F4O14S2.C18H22O6S2/c1-9-28(6,26(40)50-30(8)16-12-22(13-17-30)24(38)48-20(3)32(35,36)52(44,45)46)18-27(4,5)25(39)49-29(7)14-10-21(11-15-29)23(37)47-19(2)31(33,34)51(41,42)43;1-3-14(16-6-10-18(11-7-16)26(22,23)24)12-13(2)15-4-8-17(9-5-15)25(19,20)21/h19-22H,9-18H2,1-8H3,(H,41,42,43)(H,44,45,46);4-11,13-14H,3,12H2,1-2H3,(H,19,20,21)(H,22,23,24). The fourth-order valence-electron chi connectivity index (χ4n) is 9.31. The molecular weight excluding hydrogens is 1120 g/mol. The van der Waals surface area contributed by atoms with Crippen LogP contribution in [-0.2, 0) is 78.6 Å². The van der Waals surface area contributed by atoms with Crippen molar-refractivity contribution in [2.24, 2.45) is 22.7 Å². The van der Waals surface area contributed by atoms with E-state index in [4.69, 9.17) is 27.7 Å². The van der Waals surface area contributed by atoms with E-state index in [1.807, 2.05) is 13.8 Å². The van der Waals surface area contributed by atoms with Crippen molar-refractivity contribution >= 4 is 64.3 Å². The van der Waals surface area contributed by atoms with E-state index in [0.29, 0.717) is 13.8 Å². The zero-order valence-corrected chi connectivity index (χ0v) is 48.3. The highest BCUT2D eigenvalue weighted by Gasteiger charge is 2.54. The molecule has 5 atom stereocenters. The van der Waals surface area contributed by atoms with Gasteiger partial charge in [0.25, 0.3) is 20.2 Å². The van der Waals surface area contributed by atoms with Crippen molar-refractivity contribution in [2.75, 3.05) is 0 Å². The third-order valence-electron chi connectivity index (χ3n) is 14.8. The van der Waals surface area contributed by atoms with Crippen LogP contribution < -0.4 is 0 Å². The van der Waals surface area contributed by atoms with Gasteiger partial charge in [-0.3, -0.25) is 37.4 Å². The maximum absolute atomic E-state index is 13.8. The minimum atomic E-state index is -5.82. The smallest absolute Gasteiger partial charge is 0.405 e. The molecule has 2 saturated carbocycles. The summed E-state index contributed by atoms with van der Waals surface area (Å²) < 4.78 is 200. The number of esters is 4. The highest BCUT2D eigenvalue weighted by molar-refractivity contribution is 7.87. The molecule has 0 amide bonds. The van der Waals surface area contributed by atoms with Gasteiger partial charge in [-0.15, -0.1) is 0 Å². The van der Waals surface area contributed by atoms with Gasteiger partial charge in [-0.1, -0.05) is 45.0 Å². The zero-order chi connectivity index (χ0) is 60.1. The van der Waals surface area contributed by atoms with E-state index < -0.39 is 121 Å². The minimum Gasteiger partial charge on any atom is -0.459 e. The quantitative estimate of drug-likeness (QED) is 0.0369. The van der Waals surface area contributed by atoms with Gasteiger partial charge in [-0.25, -0.2) is 0 Å². The Morgan fingerprint density at radius 1 is 0.590 bits per heavy atom. The average molecular weight is 1200 g/mol. The second-order valence-corrected chi connectivity index (χ2v) is 27.6. The normalized spacial score (nSPS) is 23.2. The number of benzene rings is 2. The first-order chi connectivity index (χ1) is 35.3. The fourth-order valence-corrected chi connectivity index (χ4v) is 11.2. The van der Waals surface area contributed by atoms with E-state index in [9.17, 15) is 70.4 Å². The van der Waals surface area contributed by atoms with Gasteiger partial charge < -0.3 is 18.9 Å². The molecule has 0 radical (unpaired) electrons. The molecule has 2 aliphatic rings. The molecule has 0 spiro atoms. The summed E-state index contributed by atoms with van der Waals surface area (Å²) >= 11 is 0. The van der Waals surface area contributed by atoms with Crippen molar-refractivity contribution < 1.29 is 108 Å². The molecule has 78 heavy (non-hydrogen) atoms. The molecule has 2 aromatic carbocycles. The van der Waals surface area contributed by atoms with Crippen LogP contribution in [0.25, 0.3) is 0 Å². The van der Waals surface area contributed by atoms with Crippen LogP contribution in [0.15, 0.2) is 58.3 Å². The number of halogens is 4. The van der Waals surface area contributed by atoms with E-state index in [1.165, 1.54) is 24.3 Å². The summed E-state index contributed by atoms with van der Waals surface area (Å²) in [4.78, 5) is 51.8. The van der Waals surface area contributed by atoms with Gasteiger partial charge in [0.1, 0.15) is 11.2 Å². The molecule has 0 saturated heterocycles. The average Bonchev–Trinajstić information content (AvgIpc) is 3.32. The third-order valence-corrected chi connectivity index (χ3v) is 18.6. The number of hydrogen-bond donors (Lipinski definition) is 4. The summed E-state index contributed by atoms with van der Waals surface area (Å²) in [6, 6.07) is 12.3. The van der Waals surface area contributed by atoms with Crippen LogP contribution in [0, 0.1) is 22.7 Å². The Bertz CT molecular complexity index is 2900. The van der Waals surface area contributed by atoms with Crippen LogP contribution in [-0.4, -0.2) is 110 Å². The van der Waals surface area contributed by atoms with Crippen molar-refractivity contribution in [3.8, 4) is 0 Å². The lowest BCUT2D eigenvalue weighted by atomic mass is 9.71. The molecule has 2 aliphatic carbocycles. The minimum absolute atomic E-state index is 0.00996. The lowest BCUT2D eigenvalue weighted by Gasteiger charge is -2.42. The van der Waals surface area contributed by atoms with Gasteiger partial charge in [0.05, 0.1) is 32.5 Å². The molecule has 20 nitrogen and oxygen atoms in total. The van der Waals surface area contributed by atoms with Crippen LogP contribution in [0.5, 0.6) is 0 Å². The van der Waals surface area contributed by atoms with Crippen molar-refractivity contribution in [2.45, 2.75) is 202 Å². The monoisotopic (exact) mass is 1200 g/mol. The molecule has 0 bridgehead atoms. The lowest BCUT2D eigenvalue weighted by molar-refractivity contribution is -0.183. The summed E-state index contributed by atoms with van der Waals surface area (Å²) in [5.74, 6) is -4.91. The summed E-state index contributed by atoms with van der Waals surface area (Å²) in [5.41, 5.74) is -2.63. The molecule has 0 heterocycles. The van der Waals surface area contributed by atoms with Crippen molar-refractivity contribution in [1.82, 2.24) is 0 Å². The summed E-state index contributed by atoms with van der Waals surface area (Å²) in [6.07, 6.45) is -2.18. The van der Waals surface area contributed by atoms with E-state index in [0.717, 1.165) is 24.0 Å². The first-order valence-corrected chi connectivity index (χ1v) is 30.8. The largest absolute Gasteiger partial charge is 0.459 e. The highest BCUT2D eigenvalue weighted by atomic mass is 32.2. The van der Waals surface area contributed by atoms with E-state index in [-0.39, 0.29) is 85.8 Å². The SMILES string of the molecule is CCC(C)(CC(C)(C)C(=O)OC1(C)CCC(C(=O)OC(C)C(F)(F)S(=O)(=O)O)CC1)C(=O)OC1(C)CCC(C(=O)OC(C)C(F)(F)S(=O)(=O)O)CC1.CCC(CC(C)c1ccc(S(=O)(=O)O)cc1)c1ccc(S(=O)(=O)O)cc1. The van der Waals surface area contributed by atoms with Crippen molar-refractivity contribution in [3.63, 3.8) is 0 Å². The van der Waals surface area contributed by atoms with Crippen molar-refractivity contribution in [3.05, 3.63) is 59.7 Å². The number of rotatable bonds is 22. The molecule has 2 fully saturated rings. The second-order valence-electron chi connectivity index (χ2n) is 21.8. The summed E-state index contributed by atoms with van der Waals surface area (Å²) in [7, 11) is -20.1. The topological polar surface area (TPSA) is 323 Å². The molecule has 0 aromatic heterocycles. The number of alkyl halides is 4. The van der Waals surface area contributed by atoms with Gasteiger partial charge >= 0.3 is 54.6 Å². The van der Waals surface area contributed by atoms with Crippen molar-refractivity contribution in [1.29, 1.82) is 0 Å². The maximum Gasteiger partial charge on any atom is 0.405 e. The maximum atomic E-state index is 13.8. The molecule has 2 aromatic rings. The van der Waals surface area contributed by atoms with Crippen LogP contribution in [0.2, 0.25) is 0 Å². The Balaban J connectivity index is 0.000000512. The number of hydrogen-bond acceptors (Lipinski definition) is 16. The molecule has 4 N–H and O–H groups in total. The first-order valence-electron chi connectivity index (χ1n) is 25.0. The Morgan fingerprint density at radius 2 is 0.923 bits per heavy atom. The predicted octanol–water partition coefficient (Wildman–Crippen LogP) is 9.50. The van der Waals surface area contributed by atoms with Gasteiger partial charge in [-0.2, -0.15) is 51.2 Å². The van der Waals surface area contributed by atoms with E-state index >= 15 is 0 Å². The molecule has 5 unspecified atom stereocenters. The fraction of sp³-hybridized carbons (Fsp3) is 0.680. The van der Waals surface area contributed by atoms with Crippen LogP contribution in [0.1, 0.15) is 169 Å². The number of carbonyl (C=O) groups excluding carboxylic acids is 4. The number of ether oxygens (including phenoxy) is 4. The van der Waals surface area contributed by atoms with Gasteiger partial charge in [0.15, 0.2) is 12.2 Å². The lowest BCUT2D eigenvalue weighted by Crippen LogP contribution is -2.47. The zero-order valence-electron chi connectivity index (χ0n) is 45.0. The van der Waals surface area contributed by atoms with Gasteiger partial charge in [-0.05, 0) is 173 Å². The Hall–Kier alpha value is -4.32. The van der Waals surface area contributed by atoms with E-state index in [1.54, 1.807) is 65.8 Å². The molecule has 4 rings (SSSR count). The van der Waals surface area contributed by atoms with Crippen LogP contribution >= 0.6 is 0 Å². The number of carbonyl (C=O) groups is 4. The molecular formula is C50H72F4O20S4. The Morgan fingerprint density at radius 3 is 1.23 bits per heavy atom. The first kappa shape index (κ1) is 68.0. The molecule has 28 heteroatoms. The third kappa shape index (κ3) is 17.6. The van der Waals surface area contributed by atoms with E-state index in [2.05, 4.69) is 9.47 Å². The van der Waals surface area contributed by atoms with Gasteiger partial charge in [0, 0.05) is 0 Å². The Kier molecular flexibility index (Phi) is 22.0. The summed E-state index contributed by atoms with van der Waals surface area (Å²) in [5, 5.41) is -9.42. The molecule has 0 aliphatic heterocycles. The van der Waals surface area contributed by atoms with Crippen LogP contribution in [0.3, 0.4) is 0 Å². The Labute approximate surface area is 454 Å². The predicted molar refractivity (Wildman–Crippen MR) is 272 cm³/mol. The van der Waals surface area contributed by atoms with Gasteiger partial charge in [0.2, 0.25) is 0 Å². The molecule has 444 valence electrons. The van der Waals surface area contributed by atoms with Crippen LogP contribution in [0.4, 0.5) is 17.6 Å². The summed E-state index contributed by atoms with van der Waals surface area (Å²) in [6.45, 7) is 15.2. The highest BCUT2D eigenvalue weighted by Crippen LogP contribution is 2.45. The second kappa shape index (κ2) is 25.2.